The summed E-state index contributed by atoms with van der Waals surface area (Å²) in [5.41, 5.74) is 0. The Morgan fingerprint density at radius 2 is 1.23 bits per heavy atom. The van der Waals surface area contributed by atoms with Crippen LogP contribution in [0.4, 0.5) is 0 Å². The molecule has 0 aromatic rings. The second-order valence-corrected chi connectivity index (χ2v) is 10.5. The molecule has 0 saturated carbocycles. The highest BCUT2D eigenvalue weighted by atomic mass is 28.5. The van der Waals surface area contributed by atoms with Gasteiger partial charge in [0, 0.05) is 0 Å². The van der Waals surface area contributed by atoms with Gasteiger partial charge < -0.3 is 13.7 Å². The SMILES string of the molecule is CCC[Si](C)(O)O[Si](C)(O)CCC. The molecular formula is C8H22O3Si2. The molecule has 0 aliphatic carbocycles. The molecule has 5 heteroatoms. The van der Waals surface area contributed by atoms with Crippen molar-refractivity contribution in [3.05, 3.63) is 0 Å². The van der Waals surface area contributed by atoms with Crippen LogP contribution in [0, 0.1) is 0 Å². The first-order valence-corrected chi connectivity index (χ1v) is 10.1. The molecule has 0 radical (unpaired) electrons. The molecule has 0 aliphatic heterocycles. The minimum atomic E-state index is -2.56. The summed E-state index contributed by atoms with van der Waals surface area (Å²) in [5.74, 6) is 0. The first kappa shape index (κ1) is 13.3. The predicted octanol–water partition coefficient (Wildman–Crippen LogP) is 1.95. The summed E-state index contributed by atoms with van der Waals surface area (Å²) in [6.07, 6.45) is 1.83. The van der Waals surface area contributed by atoms with Gasteiger partial charge in [0.25, 0.3) is 0 Å². The second-order valence-electron chi connectivity index (χ2n) is 3.95. The average Bonchev–Trinajstić information content (AvgIpc) is 1.82. The fraction of sp³-hybridized carbons (Fsp3) is 1.00. The van der Waals surface area contributed by atoms with E-state index in [1.165, 1.54) is 0 Å². The van der Waals surface area contributed by atoms with Crippen molar-refractivity contribution in [2.45, 2.75) is 51.9 Å². The first-order chi connectivity index (χ1) is 5.83. The third kappa shape index (κ3) is 6.39. The van der Waals surface area contributed by atoms with Crippen LogP contribution < -0.4 is 0 Å². The lowest BCUT2D eigenvalue weighted by molar-refractivity contribution is 0.306. The van der Waals surface area contributed by atoms with Gasteiger partial charge in [-0.25, -0.2) is 0 Å². The summed E-state index contributed by atoms with van der Waals surface area (Å²) in [6.45, 7) is 7.54. The molecule has 0 amide bonds. The van der Waals surface area contributed by atoms with Gasteiger partial charge in [-0.1, -0.05) is 26.7 Å². The summed E-state index contributed by atoms with van der Waals surface area (Å²) in [4.78, 5) is 19.7. The molecule has 0 aromatic carbocycles. The van der Waals surface area contributed by atoms with Gasteiger partial charge in [-0.15, -0.1) is 0 Å². The maximum Gasteiger partial charge on any atom is 0.323 e. The van der Waals surface area contributed by atoms with Crippen molar-refractivity contribution in [1.82, 2.24) is 0 Å². The van der Waals surface area contributed by atoms with E-state index in [0.717, 1.165) is 12.8 Å². The zero-order valence-corrected chi connectivity index (χ0v) is 11.1. The van der Waals surface area contributed by atoms with Crippen LogP contribution in [0.2, 0.25) is 25.2 Å². The minimum Gasteiger partial charge on any atom is -0.415 e. The average molecular weight is 222 g/mol. The van der Waals surface area contributed by atoms with Crippen LogP contribution in [0.3, 0.4) is 0 Å². The fourth-order valence-electron chi connectivity index (χ4n) is 1.50. The van der Waals surface area contributed by atoms with Gasteiger partial charge in [0.2, 0.25) is 0 Å². The van der Waals surface area contributed by atoms with Crippen molar-refractivity contribution in [1.29, 1.82) is 0 Å². The Morgan fingerprint density at radius 1 is 0.923 bits per heavy atom. The molecular weight excluding hydrogens is 200 g/mol. The van der Waals surface area contributed by atoms with E-state index in [1.54, 1.807) is 13.1 Å². The van der Waals surface area contributed by atoms with Gasteiger partial charge in [0.05, 0.1) is 0 Å². The van der Waals surface area contributed by atoms with Crippen molar-refractivity contribution in [2.24, 2.45) is 0 Å². The molecule has 0 aliphatic rings. The molecule has 2 N–H and O–H groups in total. The summed E-state index contributed by atoms with van der Waals surface area (Å²) >= 11 is 0. The summed E-state index contributed by atoms with van der Waals surface area (Å²) < 4.78 is 5.50. The van der Waals surface area contributed by atoms with Crippen LogP contribution in [0.5, 0.6) is 0 Å². The predicted molar refractivity (Wildman–Crippen MR) is 59.0 cm³/mol. The third-order valence-corrected chi connectivity index (χ3v) is 8.24. The van der Waals surface area contributed by atoms with Crippen molar-refractivity contribution in [2.75, 3.05) is 0 Å². The number of hydrogen-bond donors (Lipinski definition) is 2. The maximum atomic E-state index is 9.87. The van der Waals surface area contributed by atoms with Gasteiger partial charge in [0.1, 0.15) is 0 Å². The Balaban J connectivity index is 4.07. The Hall–Kier alpha value is 0.314. The Bertz CT molecular complexity index is 132. The highest BCUT2D eigenvalue weighted by molar-refractivity contribution is 6.78. The molecule has 0 aromatic heterocycles. The van der Waals surface area contributed by atoms with Crippen LogP contribution >= 0.6 is 0 Å². The van der Waals surface area contributed by atoms with E-state index in [9.17, 15) is 9.59 Å². The summed E-state index contributed by atoms with van der Waals surface area (Å²) in [6, 6.07) is 1.42. The van der Waals surface area contributed by atoms with Crippen molar-refractivity contribution >= 4 is 17.1 Å². The van der Waals surface area contributed by atoms with Gasteiger partial charge in [-0.05, 0) is 25.2 Å². The quantitative estimate of drug-likeness (QED) is 0.675. The van der Waals surface area contributed by atoms with E-state index in [4.69, 9.17) is 4.12 Å². The standard InChI is InChI=1S/C8H22O3Si2/c1-5-7-12(3,9)11-13(4,10)8-6-2/h9-10H,5-8H2,1-4H3. The molecule has 2 atom stereocenters. The molecule has 0 fully saturated rings. The molecule has 2 unspecified atom stereocenters. The monoisotopic (exact) mass is 222 g/mol. The van der Waals surface area contributed by atoms with E-state index in [-0.39, 0.29) is 0 Å². The van der Waals surface area contributed by atoms with E-state index in [2.05, 4.69) is 0 Å². The minimum absolute atomic E-state index is 0.708. The highest BCUT2D eigenvalue weighted by Crippen LogP contribution is 2.19. The molecule has 0 rings (SSSR count). The van der Waals surface area contributed by atoms with Crippen molar-refractivity contribution in [3.63, 3.8) is 0 Å². The van der Waals surface area contributed by atoms with Gasteiger partial charge in [-0.3, -0.25) is 0 Å². The topological polar surface area (TPSA) is 49.7 Å². The normalized spacial score (nSPS) is 20.8. The molecule has 0 saturated heterocycles. The van der Waals surface area contributed by atoms with Crippen LogP contribution in [0.25, 0.3) is 0 Å². The van der Waals surface area contributed by atoms with Crippen molar-refractivity contribution in [3.8, 4) is 0 Å². The molecule has 0 heterocycles. The first-order valence-electron chi connectivity index (χ1n) is 4.98. The molecule has 3 nitrogen and oxygen atoms in total. The molecule has 80 valence electrons. The number of hydrogen-bond acceptors (Lipinski definition) is 3. The summed E-state index contributed by atoms with van der Waals surface area (Å²) in [7, 11) is -5.13. The van der Waals surface area contributed by atoms with E-state index < -0.39 is 17.1 Å². The lowest BCUT2D eigenvalue weighted by Gasteiger charge is -2.29. The summed E-state index contributed by atoms with van der Waals surface area (Å²) in [5, 5.41) is 0. The zero-order valence-electron chi connectivity index (χ0n) is 9.13. The Labute approximate surface area is 83.3 Å². The van der Waals surface area contributed by atoms with Crippen LogP contribution in [-0.2, 0) is 4.12 Å². The zero-order chi connectivity index (χ0) is 10.5. The fourth-order valence-corrected chi connectivity index (χ4v) is 7.96. The van der Waals surface area contributed by atoms with E-state index in [1.807, 2.05) is 13.8 Å². The van der Waals surface area contributed by atoms with Gasteiger partial charge >= 0.3 is 17.1 Å². The van der Waals surface area contributed by atoms with Crippen LogP contribution in [0.15, 0.2) is 0 Å². The Kier molecular flexibility index (Phi) is 5.38. The van der Waals surface area contributed by atoms with Gasteiger partial charge in [-0.2, -0.15) is 0 Å². The molecule has 0 spiro atoms. The van der Waals surface area contributed by atoms with E-state index in [0.29, 0.717) is 12.1 Å². The highest BCUT2D eigenvalue weighted by Gasteiger charge is 2.37. The lowest BCUT2D eigenvalue weighted by atomic mass is 10.6. The van der Waals surface area contributed by atoms with E-state index >= 15 is 0 Å². The smallest absolute Gasteiger partial charge is 0.323 e. The van der Waals surface area contributed by atoms with Crippen LogP contribution in [-0.4, -0.2) is 26.7 Å². The van der Waals surface area contributed by atoms with Gasteiger partial charge in [0.15, 0.2) is 0 Å². The third-order valence-electron chi connectivity index (χ3n) is 1.87. The number of rotatable bonds is 6. The molecule has 0 bridgehead atoms. The maximum absolute atomic E-state index is 9.87. The lowest BCUT2D eigenvalue weighted by Crippen LogP contribution is -2.48. The Morgan fingerprint density at radius 3 is 1.46 bits per heavy atom. The largest absolute Gasteiger partial charge is 0.415 e. The second kappa shape index (κ2) is 5.26. The molecule has 13 heavy (non-hydrogen) atoms. The van der Waals surface area contributed by atoms with Crippen molar-refractivity contribution < 1.29 is 13.7 Å². The van der Waals surface area contributed by atoms with Crippen LogP contribution in [0.1, 0.15) is 26.7 Å².